The van der Waals surface area contributed by atoms with Gasteiger partial charge in [0.1, 0.15) is 19.8 Å². The highest BCUT2D eigenvalue weighted by Crippen LogP contribution is 2.43. The molecular weight excluding hydrogens is 709 g/mol. The van der Waals surface area contributed by atoms with E-state index in [2.05, 4.69) is 50.3 Å². The molecule has 12 heteroatoms. The van der Waals surface area contributed by atoms with Gasteiger partial charge in [0.15, 0.2) is 6.10 Å². The summed E-state index contributed by atoms with van der Waals surface area (Å²) in [5.41, 5.74) is 0. The Labute approximate surface area is 328 Å². The van der Waals surface area contributed by atoms with E-state index in [0.29, 0.717) is 23.9 Å². The maximum atomic E-state index is 12.6. The van der Waals surface area contributed by atoms with Crippen molar-refractivity contribution in [3.05, 3.63) is 48.6 Å². The molecule has 0 saturated carbocycles. The van der Waals surface area contributed by atoms with Crippen LogP contribution in [0.5, 0.6) is 0 Å². The number of ether oxygens (including phenoxy) is 2. The molecule has 3 N–H and O–H groups in total. The zero-order valence-corrected chi connectivity index (χ0v) is 35.3. The summed E-state index contributed by atoms with van der Waals surface area (Å²) < 4.78 is 33.9. The highest BCUT2D eigenvalue weighted by atomic mass is 31.2. The van der Waals surface area contributed by atoms with E-state index in [-0.39, 0.29) is 38.9 Å². The number of phosphoric ester groups is 1. The summed E-state index contributed by atoms with van der Waals surface area (Å²) in [5.74, 6) is -1.10. The molecule has 0 aromatic carbocycles. The van der Waals surface area contributed by atoms with Crippen LogP contribution in [-0.2, 0) is 32.7 Å². The Kier molecular flexibility index (Phi) is 32.8. The molecule has 3 unspecified atom stereocenters. The highest BCUT2D eigenvalue weighted by Gasteiger charge is 2.27. The molecule has 0 aliphatic heterocycles. The van der Waals surface area contributed by atoms with Crippen molar-refractivity contribution in [2.24, 2.45) is 0 Å². The van der Waals surface area contributed by atoms with Crippen LogP contribution < -0.4 is 0 Å². The number of carbonyl (C=O) groups is 2. The van der Waals surface area contributed by atoms with Gasteiger partial charge in [0, 0.05) is 12.8 Å². The summed E-state index contributed by atoms with van der Waals surface area (Å²) in [7, 11) is 1.31. The van der Waals surface area contributed by atoms with Gasteiger partial charge in [-0.25, -0.2) is 4.57 Å². The number of likely N-dealkylation sites (N-methyl/N-ethyl adjacent to an activating group) is 1. The summed E-state index contributed by atoms with van der Waals surface area (Å²) in [6.07, 6.45) is 30.6. The molecule has 0 aromatic rings. The van der Waals surface area contributed by atoms with Gasteiger partial charge in [0.05, 0.1) is 40.0 Å². The Hall–Kier alpha value is -2.11. The molecular formula is C42H77NO10P+. The number of aliphatic hydroxyl groups is 2. The number of rotatable bonds is 36. The van der Waals surface area contributed by atoms with E-state index in [0.717, 1.165) is 57.8 Å². The van der Waals surface area contributed by atoms with E-state index in [1.54, 1.807) is 0 Å². The number of hydrogen-bond donors (Lipinski definition) is 3. The Morgan fingerprint density at radius 2 is 1.20 bits per heavy atom. The fourth-order valence-electron chi connectivity index (χ4n) is 5.10. The van der Waals surface area contributed by atoms with Gasteiger partial charge in [-0.2, -0.15) is 0 Å². The molecule has 0 bridgehead atoms. The summed E-state index contributed by atoms with van der Waals surface area (Å²) in [6.45, 7) is 3.98. The van der Waals surface area contributed by atoms with E-state index in [9.17, 15) is 29.3 Å². The number of esters is 2. The van der Waals surface area contributed by atoms with Crippen LogP contribution in [0.2, 0.25) is 0 Å². The Morgan fingerprint density at radius 1 is 0.648 bits per heavy atom. The topological polar surface area (TPSA) is 149 Å². The molecule has 314 valence electrons. The van der Waals surface area contributed by atoms with Gasteiger partial charge in [0.25, 0.3) is 0 Å². The molecule has 0 amide bonds. The lowest BCUT2D eigenvalue weighted by molar-refractivity contribution is -0.870. The van der Waals surface area contributed by atoms with Crippen molar-refractivity contribution < 1.29 is 52.3 Å². The highest BCUT2D eigenvalue weighted by molar-refractivity contribution is 7.47. The lowest BCUT2D eigenvalue weighted by Gasteiger charge is -2.24. The van der Waals surface area contributed by atoms with E-state index in [1.807, 2.05) is 33.3 Å². The Balaban J connectivity index is 4.65. The SMILES string of the molecule is CCCC/C=C\CCCCCCCC(=O)O[C@H](COC(=O)CCCC(O)C(O)C/C=C\C/C=C\C/C=C\CCCCC)COP(=O)(O)OCC[N+](C)(C)C. The molecule has 0 aromatic heterocycles. The van der Waals surface area contributed by atoms with E-state index in [4.69, 9.17) is 18.5 Å². The minimum atomic E-state index is -4.44. The van der Waals surface area contributed by atoms with Crippen molar-refractivity contribution >= 4 is 19.8 Å². The number of unbranched alkanes of at least 4 members (excludes halogenated alkanes) is 10. The third kappa shape index (κ3) is 35.6. The van der Waals surface area contributed by atoms with Crippen LogP contribution in [-0.4, -0.2) is 97.3 Å². The standard InChI is InChI=1S/C42H76NO10P/c1-6-8-10-12-14-16-18-20-21-23-25-27-30-39(44)40(45)31-29-33-41(46)50-36-38(37-52-54(48,49)51-35-34-43(3,4)5)53-42(47)32-28-26-24-22-19-17-15-13-11-9-7-2/h13-16,20-21,25,27,38-40,44-45H,6-12,17-19,22-24,26,28-37H2,1-5H3/p+1/b15-13-,16-14-,21-20-,27-25-/t38-,39?,40?/m1/s1. The predicted octanol–water partition coefficient (Wildman–Crippen LogP) is 9.07. The van der Waals surface area contributed by atoms with Crippen LogP contribution in [0.4, 0.5) is 0 Å². The lowest BCUT2D eigenvalue weighted by atomic mass is 10.0. The van der Waals surface area contributed by atoms with Gasteiger partial charge in [-0.3, -0.25) is 18.6 Å². The predicted molar refractivity (Wildman–Crippen MR) is 218 cm³/mol. The molecule has 0 spiro atoms. The third-order valence-electron chi connectivity index (χ3n) is 8.53. The fraction of sp³-hybridized carbons (Fsp3) is 0.762. The van der Waals surface area contributed by atoms with Crippen LogP contribution in [0.25, 0.3) is 0 Å². The monoisotopic (exact) mass is 787 g/mol. The smallest absolute Gasteiger partial charge is 0.462 e. The number of aliphatic hydroxyl groups excluding tert-OH is 2. The van der Waals surface area contributed by atoms with E-state index >= 15 is 0 Å². The quantitative estimate of drug-likeness (QED) is 0.0185. The van der Waals surface area contributed by atoms with Gasteiger partial charge in [-0.1, -0.05) is 107 Å². The summed E-state index contributed by atoms with van der Waals surface area (Å²) in [5, 5.41) is 20.7. The van der Waals surface area contributed by atoms with Crippen LogP contribution in [0, 0.1) is 0 Å². The van der Waals surface area contributed by atoms with Crippen molar-refractivity contribution in [3.8, 4) is 0 Å². The average molecular weight is 787 g/mol. The molecule has 0 saturated heterocycles. The number of nitrogens with zero attached hydrogens (tertiary/aromatic N) is 1. The summed E-state index contributed by atoms with van der Waals surface area (Å²) in [4.78, 5) is 35.3. The maximum absolute atomic E-state index is 12.6. The first-order valence-electron chi connectivity index (χ1n) is 20.5. The second-order valence-electron chi connectivity index (χ2n) is 15.0. The molecule has 0 heterocycles. The van der Waals surface area contributed by atoms with Crippen LogP contribution in [0.15, 0.2) is 48.6 Å². The second-order valence-corrected chi connectivity index (χ2v) is 16.4. The Bertz CT molecular complexity index is 1100. The van der Waals surface area contributed by atoms with Crippen molar-refractivity contribution in [3.63, 3.8) is 0 Å². The number of phosphoric acid groups is 1. The van der Waals surface area contributed by atoms with Gasteiger partial charge < -0.3 is 29.1 Å². The minimum absolute atomic E-state index is 0.0165. The van der Waals surface area contributed by atoms with Crippen LogP contribution >= 0.6 is 7.82 Å². The Morgan fingerprint density at radius 3 is 1.87 bits per heavy atom. The molecule has 4 atom stereocenters. The first-order valence-corrected chi connectivity index (χ1v) is 22.0. The zero-order valence-electron chi connectivity index (χ0n) is 34.4. The lowest BCUT2D eigenvalue weighted by Crippen LogP contribution is -2.37. The number of allylic oxidation sites excluding steroid dienone is 7. The van der Waals surface area contributed by atoms with Gasteiger partial charge >= 0.3 is 19.8 Å². The van der Waals surface area contributed by atoms with Gasteiger partial charge in [0.2, 0.25) is 0 Å². The first kappa shape index (κ1) is 51.9. The molecule has 0 aliphatic rings. The second kappa shape index (κ2) is 34.2. The van der Waals surface area contributed by atoms with Gasteiger partial charge in [-0.15, -0.1) is 0 Å². The van der Waals surface area contributed by atoms with Crippen molar-refractivity contribution in [1.29, 1.82) is 0 Å². The molecule has 0 rings (SSSR count). The molecule has 0 fully saturated rings. The molecule has 0 aliphatic carbocycles. The van der Waals surface area contributed by atoms with Crippen molar-refractivity contribution in [2.75, 3.05) is 47.5 Å². The number of hydrogen-bond acceptors (Lipinski definition) is 9. The number of carbonyl (C=O) groups excluding carboxylic acids is 2. The normalized spacial score (nSPS) is 15.3. The third-order valence-corrected chi connectivity index (χ3v) is 9.52. The maximum Gasteiger partial charge on any atom is 0.472 e. The first-order chi connectivity index (χ1) is 25.8. The minimum Gasteiger partial charge on any atom is -0.462 e. The van der Waals surface area contributed by atoms with Crippen molar-refractivity contribution in [2.45, 2.75) is 161 Å². The van der Waals surface area contributed by atoms with Gasteiger partial charge in [-0.05, 0) is 70.6 Å². The van der Waals surface area contributed by atoms with Crippen LogP contribution in [0.3, 0.4) is 0 Å². The van der Waals surface area contributed by atoms with E-state index < -0.39 is 44.7 Å². The van der Waals surface area contributed by atoms with Crippen LogP contribution in [0.1, 0.15) is 142 Å². The zero-order chi connectivity index (χ0) is 40.3. The average Bonchev–Trinajstić information content (AvgIpc) is 3.11. The molecule has 54 heavy (non-hydrogen) atoms. The summed E-state index contributed by atoms with van der Waals surface area (Å²) in [6, 6.07) is 0. The molecule has 11 nitrogen and oxygen atoms in total. The number of quaternary nitrogens is 1. The largest absolute Gasteiger partial charge is 0.472 e. The van der Waals surface area contributed by atoms with E-state index in [1.165, 1.54) is 32.1 Å². The fourth-order valence-corrected chi connectivity index (χ4v) is 5.84. The van der Waals surface area contributed by atoms with Crippen molar-refractivity contribution in [1.82, 2.24) is 0 Å². The molecule has 0 radical (unpaired) electrons. The summed E-state index contributed by atoms with van der Waals surface area (Å²) >= 11 is 0.